The first kappa shape index (κ1) is 12.1. The zero-order valence-electron chi connectivity index (χ0n) is 8.58. The second-order valence-corrected chi connectivity index (χ2v) is 3.70. The van der Waals surface area contributed by atoms with Crippen molar-refractivity contribution in [3.05, 3.63) is 35.4 Å². The minimum absolute atomic E-state index is 0.273. The molecule has 0 radical (unpaired) electrons. The highest BCUT2D eigenvalue weighted by Crippen LogP contribution is 2.13. The number of halogens is 2. The van der Waals surface area contributed by atoms with Crippen LogP contribution in [0.1, 0.15) is 18.9 Å². The van der Waals surface area contributed by atoms with Crippen LogP contribution in [0.3, 0.4) is 0 Å². The lowest BCUT2D eigenvalue weighted by molar-refractivity contribution is 0.141. The maximum absolute atomic E-state index is 13.1. The van der Waals surface area contributed by atoms with E-state index in [9.17, 15) is 13.9 Å². The summed E-state index contributed by atoms with van der Waals surface area (Å²) in [7, 11) is 0. The Balaban J connectivity index is 2.61. The molecule has 0 fully saturated rings. The van der Waals surface area contributed by atoms with Crippen molar-refractivity contribution in [3.63, 3.8) is 0 Å². The van der Waals surface area contributed by atoms with E-state index in [1.807, 2.05) is 0 Å². The highest BCUT2D eigenvalue weighted by atomic mass is 19.1. The minimum atomic E-state index is -0.687. The number of hydrogen-bond acceptors (Lipinski definition) is 2. The van der Waals surface area contributed by atoms with E-state index in [0.717, 1.165) is 18.2 Å². The quantitative estimate of drug-likeness (QED) is 0.801. The van der Waals surface area contributed by atoms with Crippen molar-refractivity contribution in [2.45, 2.75) is 31.9 Å². The van der Waals surface area contributed by atoms with Gasteiger partial charge in [0.1, 0.15) is 11.6 Å². The second kappa shape index (κ2) is 5.19. The van der Waals surface area contributed by atoms with Gasteiger partial charge in [0, 0.05) is 6.04 Å². The molecule has 0 aliphatic rings. The molecule has 1 aromatic carbocycles. The predicted molar refractivity (Wildman–Crippen MR) is 54.3 cm³/mol. The first-order chi connectivity index (χ1) is 7.00. The van der Waals surface area contributed by atoms with E-state index < -0.39 is 17.7 Å². The van der Waals surface area contributed by atoms with E-state index in [2.05, 4.69) is 0 Å². The van der Waals surface area contributed by atoms with Crippen molar-refractivity contribution >= 4 is 0 Å². The maximum atomic E-state index is 13.1. The molecule has 2 unspecified atom stereocenters. The average Bonchev–Trinajstić information content (AvgIpc) is 2.18. The third-order valence-corrected chi connectivity index (χ3v) is 2.32. The summed E-state index contributed by atoms with van der Waals surface area (Å²) in [6.07, 6.45) is -0.0719. The number of aliphatic hydroxyl groups is 1. The largest absolute Gasteiger partial charge is 0.392 e. The fourth-order valence-electron chi connectivity index (χ4n) is 1.30. The first-order valence-corrected chi connectivity index (χ1v) is 4.88. The Morgan fingerprint density at radius 2 is 2.07 bits per heavy atom. The first-order valence-electron chi connectivity index (χ1n) is 4.88. The number of aliphatic hydroxyl groups excluding tert-OH is 1. The zero-order chi connectivity index (χ0) is 11.4. The summed E-state index contributed by atoms with van der Waals surface area (Å²) in [5.41, 5.74) is 5.72. The summed E-state index contributed by atoms with van der Waals surface area (Å²) in [5, 5.41) is 9.41. The topological polar surface area (TPSA) is 46.2 Å². The Morgan fingerprint density at radius 1 is 1.40 bits per heavy atom. The molecular weight excluding hydrogens is 200 g/mol. The molecule has 84 valence electrons. The second-order valence-electron chi connectivity index (χ2n) is 3.70. The molecular formula is C11H15F2NO. The van der Waals surface area contributed by atoms with Crippen LogP contribution in [0.25, 0.3) is 0 Å². The average molecular weight is 215 g/mol. The van der Waals surface area contributed by atoms with Crippen molar-refractivity contribution in [2.24, 2.45) is 5.73 Å². The maximum Gasteiger partial charge on any atom is 0.126 e. The Bertz CT molecular complexity index is 328. The zero-order valence-corrected chi connectivity index (χ0v) is 8.58. The van der Waals surface area contributed by atoms with E-state index in [1.54, 1.807) is 6.92 Å². The Morgan fingerprint density at radius 3 is 2.67 bits per heavy atom. The van der Waals surface area contributed by atoms with Crippen LogP contribution >= 0.6 is 0 Å². The molecule has 0 saturated carbocycles. The summed E-state index contributed by atoms with van der Waals surface area (Å²) >= 11 is 0. The van der Waals surface area contributed by atoms with Crippen molar-refractivity contribution in [1.29, 1.82) is 0 Å². The molecule has 0 bridgehead atoms. The third kappa shape index (κ3) is 3.57. The summed E-state index contributed by atoms with van der Waals surface area (Å²) in [6, 6.07) is 2.94. The van der Waals surface area contributed by atoms with E-state index in [0.29, 0.717) is 6.42 Å². The molecule has 1 rings (SSSR count). The predicted octanol–water partition coefficient (Wildman–Crippen LogP) is 1.61. The van der Waals surface area contributed by atoms with Gasteiger partial charge in [-0.1, -0.05) is 0 Å². The molecule has 0 aromatic heterocycles. The summed E-state index contributed by atoms with van der Waals surface area (Å²) in [4.78, 5) is 0. The van der Waals surface area contributed by atoms with Crippen molar-refractivity contribution in [3.8, 4) is 0 Å². The molecule has 1 aromatic rings. The van der Waals surface area contributed by atoms with Crippen LogP contribution in [0.4, 0.5) is 8.78 Å². The Labute approximate surface area is 87.7 Å². The molecule has 15 heavy (non-hydrogen) atoms. The number of rotatable bonds is 4. The third-order valence-electron chi connectivity index (χ3n) is 2.32. The molecule has 2 atom stereocenters. The van der Waals surface area contributed by atoms with Crippen molar-refractivity contribution < 1.29 is 13.9 Å². The van der Waals surface area contributed by atoms with E-state index in [4.69, 9.17) is 5.73 Å². The highest BCUT2D eigenvalue weighted by Gasteiger charge is 2.11. The summed E-state index contributed by atoms with van der Waals surface area (Å²) < 4.78 is 25.9. The van der Waals surface area contributed by atoms with E-state index >= 15 is 0 Å². The van der Waals surface area contributed by atoms with Crippen molar-refractivity contribution in [2.75, 3.05) is 0 Å². The van der Waals surface area contributed by atoms with Crippen LogP contribution in [0, 0.1) is 11.6 Å². The Hall–Kier alpha value is -1.00. The van der Waals surface area contributed by atoms with Gasteiger partial charge in [-0.15, -0.1) is 0 Å². The molecule has 0 saturated heterocycles. The van der Waals surface area contributed by atoms with Gasteiger partial charge in [-0.2, -0.15) is 0 Å². The summed E-state index contributed by atoms with van der Waals surface area (Å²) in [6.45, 7) is 1.67. The van der Waals surface area contributed by atoms with Gasteiger partial charge in [-0.3, -0.25) is 0 Å². The fourth-order valence-corrected chi connectivity index (χ4v) is 1.30. The van der Waals surface area contributed by atoms with Crippen LogP contribution in [0.15, 0.2) is 18.2 Å². The minimum Gasteiger partial charge on any atom is -0.392 e. The lowest BCUT2D eigenvalue weighted by atomic mass is 10.0. The lowest BCUT2D eigenvalue weighted by Gasteiger charge is -2.14. The molecule has 0 heterocycles. The van der Waals surface area contributed by atoms with Gasteiger partial charge in [0.15, 0.2) is 0 Å². The number of nitrogens with two attached hydrogens (primary N) is 1. The van der Waals surface area contributed by atoms with Crippen LogP contribution in [0.2, 0.25) is 0 Å². The smallest absolute Gasteiger partial charge is 0.126 e. The van der Waals surface area contributed by atoms with Gasteiger partial charge in [0.25, 0.3) is 0 Å². The fraction of sp³-hybridized carbons (Fsp3) is 0.455. The molecule has 0 spiro atoms. The standard InChI is InChI=1S/C11H15F2NO/c1-7(14)11(15)5-2-8-6-9(12)3-4-10(8)13/h3-4,6-7,11,15H,2,5,14H2,1H3. The molecule has 4 heteroatoms. The normalized spacial score (nSPS) is 15.0. The van der Waals surface area contributed by atoms with Crippen molar-refractivity contribution in [1.82, 2.24) is 0 Å². The Kier molecular flexibility index (Phi) is 4.17. The highest BCUT2D eigenvalue weighted by molar-refractivity contribution is 5.18. The lowest BCUT2D eigenvalue weighted by Crippen LogP contribution is -2.31. The molecule has 0 aliphatic carbocycles. The number of aryl methyl sites for hydroxylation is 1. The number of hydrogen-bond donors (Lipinski definition) is 2. The molecule has 3 N–H and O–H groups in total. The van der Waals surface area contributed by atoms with Gasteiger partial charge >= 0.3 is 0 Å². The van der Waals surface area contributed by atoms with Crippen LogP contribution < -0.4 is 5.73 Å². The molecule has 0 aliphatic heterocycles. The van der Waals surface area contributed by atoms with E-state index in [-0.39, 0.29) is 18.0 Å². The monoisotopic (exact) mass is 215 g/mol. The summed E-state index contributed by atoms with van der Waals surface area (Å²) in [5.74, 6) is -0.921. The molecule has 2 nitrogen and oxygen atoms in total. The molecule has 0 amide bonds. The van der Waals surface area contributed by atoms with Crippen LogP contribution in [-0.2, 0) is 6.42 Å². The van der Waals surface area contributed by atoms with Gasteiger partial charge in [0.2, 0.25) is 0 Å². The van der Waals surface area contributed by atoms with Gasteiger partial charge in [-0.05, 0) is 43.5 Å². The number of benzene rings is 1. The van der Waals surface area contributed by atoms with Crippen LogP contribution in [-0.4, -0.2) is 17.3 Å². The van der Waals surface area contributed by atoms with Gasteiger partial charge in [0.05, 0.1) is 6.10 Å². The SMILES string of the molecule is CC(N)C(O)CCc1cc(F)ccc1F. The van der Waals surface area contributed by atoms with Gasteiger partial charge < -0.3 is 10.8 Å². The van der Waals surface area contributed by atoms with Crippen LogP contribution in [0.5, 0.6) is 0 Å². The van der Waals surface area contributed by atoms with E-state index in [1.165, 1.54) is 0 Å². The van der Waals surface area contributed by atoms with Gasteiger partial charge in [-0.25, -0.2) is 8.78 Å².